The molecule has 1 saturated heterocycles. The van der Waals surface area contributed by atoms with Crippen LogP contribution in [-0.2, 0) is 4.79 Å². The maximum Gasteiger partial charge on any atom is 0.424 e. The van der Waals surface area contributed by atoms with Gasteiger partial charge >= 0.3 is 12.2 Å². The zero-order valence-electron chi connectivity index (χ0n) is 17.3. The van der Waals surface area contributed by atoms with Crippen molar-refractivity contribution in [3.05, 3.63) is 46.8 Å². The highest BCUT2D eigenvalue weighted by Crippen LogP contribution is 2.36. The number of anilines is 1. The predicted octanol–water partition coefficient (Wildman–Crippen LogP) is 1.21. The van der Waals surface area contributed by atoms with E-state index in [9.17, 15) is 22.8 Å². The van der Waals surface area contributed by atoms with E-state index in [-0.39, 0.29) is 29.2 Å². The molecular formula is C19H18F3N9O2. The zero-order valence-corrected chi connectivity index (χ0v) is 17.3. The monoisotopic (exact) mass is 461 g/mol. The second-order valence-electron chi connectivity index (χ2n) is 7.31. The molecule has 4 rings (SSSR count). The first-order valence-electron chi connectivity index (χ1n) is 9.83. The molecular weight excluding hydrogens is 443 g/mol. The van der Waals surface area contributed by atoms with Gasteiger partial charge in [-0.05, 0) is 11.3 Å². The van der Waals surface area contributed by atoms with E-state index in [0.29, 0.717) is 38.3 Å². The number of nitrogens with one attached hydrogen (secondary N) is 2. The molecule has 0 spiro atoms. The van der Waals surface area contributed by atoms with Crippen molar-refractivity contribution >= 4 is 23.3 Å². The van der Waals surface area contributed by atoms with Crippen LogP contribution in [0.1, 0.15) is 12.7 Å². The van der Waals surface area contributed by atoms with Crippen LogP contribution in [-0.4, -0.2) is 91.0 Å². The van der Waals surface area contributed by atoms with Crippen molar-refractivity contribution in [2.45, 2.75) is 13.1 Å². The highest BCUT2D eigenvalue weighted by atomic mass is 19.4. The van der Waals surface area contributed by atoms with Gasteiger partial charge in [-0.15, -0.1) is 15.3 Å². The first kappa shape index (κ1) is 22.2. The van der Waals surface area contributed by atoms with Crippen LogP contribution in [0.2, 0.25) is 0 Å². The topological polar surface area (TPSA) is 125 Å². The number of amides is 2. The fourth-order valence-electron chi connectivity index (χ4n) is 3.41. The van der Waals surface area contributed by atoms with Gasteiger partial charge in [-0.1, -0.05) is 11.5 Å². The average Bonchev–Trinajstić information content (AvgIpc) is 3.45. The molecule has 0 aromatic carbocycles. The molecule has 3 heterocycles. The predicted molar refractivity (Wildman–Crippen MR) is 108 cm³/mol. The highest BCUT2D eigenvalue weighted by molar-refractivity contribution is 5.88. The van der Waals surface area contributed by atoms with Crippen molar-refractivity contribution in [2.24, 2.45) is 0 Å². The van der Waals surface area contributed by atoms with Crippen LogP contribution in [0.4, 0.5) is 23.8 Å². The molecule has 0 atom stereocenters. The normalized spacial score (nSPS) is 16.8. The van der Waals surface area contributed by atoms with E-state index >= 15 is 0 Å². The zero-order chi connectivity index (χ0) is 23.6. The molecule has 0 unspecified atom stereocenters. The van der Waals surface area contributed by atoms with Crippen molar-refractivity contribution in [1.29, 1.82) is 0 Å². The van der Waals surface area contributed by atoms with Gasteiger partial charge in [0.15, 0.2) is 5.82 Å². The number of halogens is 3. The molecule has 1 aliphatic carbocycles. The second-order valence-corrected chi connectivity index (χ2v) is 7.31. The number of carbonyl (C=O) groups excluding carboxylic acids is 2. The van der Waals surface area contributed by atoms with E-state index in [1.807, 2.05) is 4.90 Å². The number of carbonyl (C=O) groups is 2. The highest BCUT2D eigenvalue weighted by Gasteiger charge is 2.39. The summed E-state index contributed by atoms with van der Waals surface area (Å²) in [4.78, 5) is 27.3. The Kier molecular flexibility index (Phi) is 5.97. The summed E-state index contributed by atoms with van der Waals surface area (Å²) in [6, 6.07) is 1.19. The summed E-state index contributed by atoms with van der Waals surface area (Å²) in [6.07, 6.45) is -1.84. The van der Waals surface area contributed by atoms with Gasteiger partial charge in [-0.2, -0.15) is 23.1 Å². The van der Waals surface area contributed by atoms with Crippen molar-refractivity contribution in [3.8, 4) is 0 Å². The quantitative estimate of drug-likeness (QED) is 0.656. The molecule has 2 aromatic heterocycles. The van der Waals surface area contributed by atoms with E-state index in [1.54, 1.807) is 4.90 Å². The van der Waals surface area contributed by atoms with Gasteiger partial charge in [0.25, 0.3) is 0 Å². The third-order valence-corrected chi connectivity index (χ3v) is 4.93. The first-order valence-corrected chi connectivity index (χ1v) is 9.83. The Morgan fingerprint density at radius 1 is 1.21 bits per heavy atom. The molecule has 1 aliphatic heterocycles. The number of rotatable bonds is 4. The molecule has 11 nitrogen and oxygen atoms in total. The largest absolute Gasteiger partial charge is 0.424 e. The minimum atomic E-state index is -4.64. The summed E-state index contributed by atoms with van der Waals surface area (Å²) in [5.74, 6) is -0.191. The molecule has 0 radical (unpaired) electrons. The minimum Gasteiger partial charge on any atom is -0.320 e. The van der Waals surface area contributed by atoms with Gasteiger partial charge in [0.2, 0.25) is 11.7 Å². The third kappa shape index (κ3) is 5.09. The van der Waals surface area contributed by atoms with Gasteiger partial charge < -0.3 is 10.2 Å². The molecule has 0 saturated carbocycles. The van der Waals surface area contributed by atoms with Crippen molar-refractivity contribution in [2.75, 3.05) is 38.0 Å². The maximum absolute atomic E-state index is 13.3. The number of aromatic nitrogens is 6. The third-order valence-electron chi connectivity index (χ3n) is 4.93. The van der Waals surface area contributed by atoms with Crippen LogP contribution in [0.15, 0.2) is 40.9 Å². The Labute approximate surface area is 184 Å². The molecule has 2 aromatic rings. The number of alkyl halides is 3. The smallest absolute Gasteiger partial charge is 0.320 e. The van der Waals surface area contributed by atoms with Crippen molar-refractivity contribution in [1.82, 2.24) is 40.2 Å². The first-order chi connectivity index (χ1) is 15.7. The summed E-state index contributed by atoms with van der Waals surface area (Å²) in [7, 11) is 0. The molecule has 14 heteroatoms. The van der Waals surface area contributed by atoms with E-state index < -0.39 is 11.7 Å². The Morgan fingerprint density at radius 2 is 1.97 bits per heavy atom. The Morgan fingerprint density at radius 3 is 2.61 bits per heavy atom. The van der Waals surface area contributed by atoms with Crippen molar-refractivity contribution in [3.63, 3.8) is 0 Å². The summed E-state index contributed by atoms with van der Waals surface area (Å²) >= 11 is 0. The van der Waals surface area contributed by atoms with Crippen LogP contribution in [0, 0.1) is 0 Å². The average molecular weight is 461 g/mol. The molecule has 2 N–H and O–H groups in total. The number of hydrogen-bond donors (Lipinski definition) is 2. The van der Waals surface area contributed by atoms with Gasteiger partial charge in [-0.25, -0.2) is 4.79 Å². The van der Waals surface area contributed by atoms with E-state index in [0.717, 1.165) is 4.68 Å². The SMILES string of the molecule is CC(=O)Nc1ccn(C(=O)N2CCN(CC3=C=C=C(C(F)(F)F)C(c4nn[nH]n4)=C3)CC2)n1. The number of piperazine rings is 1. The Hall–Kier alpha value is -3.99. The fraction of sp³-hybridized carbons (Fsp3) is 0.368. The number of allylic oxidation sites excluding steroid dienone is 2. The molecule has 2 amide bonds. The van der Waals surface area contributed by atoms with Crippen LogP contribution < -0.4 is 5.32 Å². The summed E-state index contributed by atoms with van der Waals surface area (Å²) in [5.41, 5.74) is 3.99. The van der Waals surface area contributed by atoms with Gasteiger partial charge in [0.05, 0.1) is 0 Å². The summed E-state index contributed by atoms with van der Waals surface area (Å²) in [5, 5.41) is 19.3. The second kappa shape index (κ2) is 8.87. The molecule has 2 aliphatic rings. The van der Waals surface area contributed by atoms with E-state index in [1.165, 1.54) is 25.3 Å². The van der Waals surface area contributed by atoms with Crippen LogP contribution >= 0.6 is 0 Å². The van der Waals surface area contributed by atoms with Crippen LogP contribution in [0.5, 0.6) is 0 Å². The lowest BCUT2D eigenvalue weighted by Crippen LogP contribution is -2.50. The maximum atomic E-state index is 13.3. The number of aromatic amines is 1. The lowest BCUT2D eigenvalue weighted by molar-refractivity contribution is -0.114. The molecule has 0 bridgehead atoms. The van der Waals surface area contributed by atoms with Gasteiger partial charge in [0, 0.05) is 63.1 Å². The Balaban J connectivity index is 1.41. The number of nitrogens with zero attached hydrogens (tertiary/aromatic N) is 7. The lowest BCUT2D eigenvalue weighted by atomic mass is 9.99. The number of H-pyrrole nitrogens is 1. The van der Waals surface area contributed by atoms with Crippen LogP contribution in [0.3, 0.4) is 0 Å². The summed E-state index contributed by atoms with van der Waals surface area (Å²) in [6.45, 7) is 3.45. The van der Waals surface area contributed by atoms with Gasteiger partial charge in [0.1, 0.15) is 5.57 Å². The minimum absolute atomic E-state index is 0.179. The molecule has 172 valence electrons. The lowest BCUT2D eigenvalue weighted by Gasteiger charge is -2.34. The van der Waals surface area contributed by atoms with Crippen LogP contribution in [0.25, 0.3) is 5.57 Å². The fourth-order valence-corrected chi connectivity index (χ4v) is 3.41. The van der Waals surface area contributed by atoms with E-state index in [4.69, 9.17) is 0 Å². The molecule has 1 fully saturated rings. The standard InChI is InChI=1S/C19H18F3N9O2/c1-12(32)23-16-4-5-31(26-16)18(33)30-8-6-29(7-9-30)11-13-2-3-15(19(20,21)22)14(10-13)17-24-27-28-25-17/h4-5,10H,6-9,11H2,1H3,(H,23,26,32)(H,24,25,27,28). The summed E-state index contributed by atoms with van der Waals surface area (Å²) < 4.78 is 41.2. The Bertz CT molecular complexity index is 1190. The molecule has 33 heavy (non-hydrogen) atoms. The number of hydrogen-bond acceptors (Lipinski definition) is 7. The van der Waals surface area contributed by atoms with Crippen molar-refractivity contribution < 1.29 is 22.8 Å². The number of tetrazole rings is 1. The van der Waals surface area contributed by atoms with Gasteiger partial charge in [-0.3, -0.25) is 9.69 Å². The van der Waals surface area contributed by atoms with E-state index in [2.05, 4.69) is 42.5 Å².